The van der Waals surface area contributed by atoms with E-state index in [1.807, 2.05) is 0 Å². The van der Waals surface area contributed by atoms with Gasteiger partial charge in [0.1, 0.15) is 0 Å². The summed E-state index contributed by atoms with van der Waals surface area (Å²) in [5.74, 6) is 0.000772. The van der Waals surface area contributed by atoms with Crippen LogP contribution in [0.1, 0.15) is 12.8 Å². The second-order valence-electron chi connectivity index (χ2n) is 1.68. The molecule has 0 aromatic carbocycles. The van der Waals surface area contributed by atoms with Gasteiger partial charge in [-0.1, -0.05) is 0 Å². The highest BCUT2D eigenvalue weighted by Gasteiger charge is 2.30. The van der Waals surface area contributed by atoms with Gasteiger partial charge in [0.2, 0.25) is 0 Å². The first-order valence-corrected chi connectivity index (χ1v) is 2.56. The molecule has 0 aromatic heterocycles. The van der Waals surface area contributed by atoms with Gasteiger partial charge >= 0.3 is 5.97 Å². The third kappa shape index (κ3) is 1.09. The number of carbonyl (C=O) groups excluding carboxylic acids is 1. The first-order valence-electron chi connectivity index (χ1n) is 2.20. The minimum Gasteiger partial charge on any atom is -0.394 e. The molecule has 0 amide bonds. The molecule has 0 saturated heterocycles. The van der Waals surface area contributed by atoms with Gasteiger partial charge in [0, 0.05) is 12.9 Å². The lowest BCUT2D eigenvalue weighted by atomic mass is 10.5. The zero-order valence-corrected chi connectivity index (χ0v) is 4.65. The third-order valence-corrected chi connectivity index (χ3v) is 1.18. The van der Waals surface area contributed by atoms with E-state index in [1.165, 1.54) is 0 Å². The van der Waals surface area contributed by atoms with Crippen LogP contribution < -0.4 is 0 Å². The van der Waals surface area contributed by atoms with E-state index in [2.05, 4.69) is 17.1 Å². The maximum Gasteiger partial charge on any atom is 0.320 e. The predicted molar refractivity (Wildman–Crippen MR) is 27.8 cm³/mol. The van der Waals surface area contributed by atoms with Crippen LogP contribution in [0, 0.1) is 5.92 Å². The second-order valence-corrected chi connectivity index (χ2v) is 1.87. The fraction of sp³-hybridized carbons (Fsp3) is 0.750. The molecule has 0 aliphatic heterocycles. The van der Waals surface area contributed by atoms with Crippen molar-refractivity contribution in [2.75, 3.05) is 0 Å². The Hall–Kier alpha value is -0.180. The van der Waals surface area contributed by atoms with Crippen LogP contribution in [0.3, 0.4) is 0 Å². The summed E-state index contributed by atoms with van der Waals surface area (Å²) in [5, 5.41) is 0. The molecular formula is C4H6O2S. The van der Waals surface area contributed by atoms with Gasteiger partial charge < -0.3 is 4.18 Å². The number of hydrogen-bond acceptors (Lipinski definition) is 3. The van der Waals surface area contributed by atoms with Gasteiger partial charge in [-0.3, -0.25) is 4.79 Å². The molecule has 1 fully saturated rings. The molecule has 0 unspecified atom stereocenters. The quantitative estimate of drug-likeness (QED) is 0.407. The molecule has 0 heterocycles. The Bertz CT molecular complexity index is 87.7. The van der Waals surface area contributed by atoms with Crippen molar-refractivity contribution in [1.82, 2.24) is 0 Å². The molecule has 1 aliphatic rings. The van der Waals surface area contributed by atoms with Crippen LogP contribution in [0.4, 0.5) is 0 Å². The average Bonchev–Trinajstić information content (AvgIpc) is 2.44. The van der Waals surface area contributed by atoms with Crippen molar-refractivity contribution in [2.24, 2.45) is 5.92 Å². The van der Waals surface area contributed by atoms with Gasteiger partial charge in [0.15, 0.2) is 0 Å². The highest BCUT2D eigenvalue weighted by atomic mass is 32.1. The normalized spacial score (nSPS) is 19.0. The van der Waals surface area contributed by atoms with Gasteiger partial charge in [-0.2, -0.15) is 0 Å². The Labute approximate surface area is 47.5 Å². The van der Waals surface area contributed by atoms with Crippen LogP contribution in [0.5, 0.6) is 0 Å². The molecule has 7 heavy (non-hydrogen) atoms. The largest absolute Gasteiger partial charge is 0.394 e. The van der Waals surface area contributed by atoms with E-state index in [-0.39, 0.29) is 11.9 Å². The Morgan fingerprint density at radius 1 is 1.71 bits per heavy atom. The average molecular weight is 118 g/mol. The summed E-state index contributed by atoms with van der Waals surface area (Å²) in [5.41, 5.74) is 0. The lowest BCUT2D eigenvalue weighted by molar-refractivity contribution is -0.134. The molecule has 0 atom stereocenters. The van der Waals surface area contributed by atoms with Crippen molar-refractivity contribution < 1.29 is 8.98 Å². The smallest absolute Gasteiger partial charge is 0.320 e. The number of carbonyl (C=O) groups is 1. The summed E-state index contributed by atoms with van der Waals surface area (Å²) in [6.07, 6.45) is 1.97. The number of hydrogen-bond donors (Lipinski definition) is 1. The highest BCUT2D eigenvalue weighted by molar-refractivity contribution is 7.75. The second kappa shape index (κ2) is 1.74. The van der Waals surface area contributed by atoms with E-state index in [0.717, 1.165) is 12.8 Å². The zero-order chi connectivity index (χ0) is 5.28. The van der Waals surface area contributed by atoms with E-state index < -0.39 is 0 Å². The molecule has 0 N–H and O–H groups in total. The van der Waals surface area contributed by atoms with Crippen molar-refractivity contribution >= 4 is 18.9 Å². The van der Waals surface area contributed by atoms with Crippen LogP contribution in [0.25, 0.3) is 0 Å². The first-order chi connectivity index (χ1) is 3.34. The van der Waals surface area contributed by atoms with Gasteiger partial charge in [-0.05, 0) is 12.8 Å². The lowest BCUT2D eigenvalue weighted by Crippen LogP contribution is -1.97. The fourth-order valence-corrected chi connectivity index (χ4v) is 0.543. The summed E-state index contributed by atoms with van der Waals surface area (Å²) >= 11 is 3.35. The minimum atomic E-state index is -0.177. The molecule has 2 nitrogen and oxygen atoms in total. The summed E-state index contributed by atoms with van der Waals surface area (Å²) in [6.45, 7) is 0. The van der Waals surface area contributed by atoms with Crippen LogP contribution in [0.2, 0.25) is 0 Å². The minimum absolute atomic E-state index is 0.177. The van der Waals surface area contributed by atoms with Crippen LogP contribution in [-0.4, -0.2) is 5.97 Å². The van der Waals surface area contributed by atoms with Crippen molar-refractivity contribution in [3.05, 3.63) is 0 Å². The standard InChI is InChI=1S/C4H6O2S/c5-4(6-7)3-1-2-3/h3,7H,1-2H2. The molecule has 0 radical (unpaired) electrons. The van der Waals surface area contributed by atoms with Gasteiger partial charge in [-0.15, -0.1) is 0 Å². The molecule has 0 aromatic rings. The summed E-state index contributed by atoms with van der Waals surface area (Å²) in [7, 11) is 0. The van der Waals surface area contributed by atoms with Crippen LogP contribution in [-0.2, 0) is 8.98 Å². The molecule has 3 heteroatoms. The maximum atomic E-state index is 10.3. The number of rotatable bonds is 1. The topological polar surface area (TPSA) is 26.3 Å². The van der Waals surface area contributed by atoms with Gasteiger partial charge in [-0.25, -0.2) is 0 Å². The summed E-state index contributed by atoms with van der Waals surface area (Å²) in [6, 6.07) is 0. The van der Waals surface area contributed by atoms with Crippen LogP contribution >= 0.6 is 12.9 Å². The predicted octanol–water partition coefficient (Wildman–Crippen LogP) is 0.784. The van der Waals surface area contributed by atoms with Gasteiger partial charge in [0.05, 0.1) is 5.92 Å². The van der Waals surface area contributed by atoms with Gasteiger partial charge in [0.25, 0.3) is 0 Å². The van der Waals surface area contributed by atoms with E-state index in [4.69, 9.17) is 0 Å². The number of thiol groups is 1. The molecule has 1 saturated carbocycles. The molecule has 1 aliphatic carbocycles. The molecule has 1 rings (SSSR count). The Balaban J connectivity index is 2.24. The van der Waals surface area contributed by atoms with Crippen molar-refractivity contribution in [1.29, 1.82) is 0 Å². The van der Waals surface area contributed by atoms with E-state index in [0.29, 0.717) is 0 Å². The first kappa shape index (κ1) is 4.97. The lowest BCUT2D eigenvalue weighted by Gasteiger charge is -1.87. The highest BCUT2D eigenvalue weighted by Crippen LogP contribution is 2.30. The van der Waals surface area contributed by atoms with E-state index >= 15 is 0 Å². The van der Waals surface area contributed by atoms with Crippen molar-refractivity contribution in [3.8, 4) is 0 Å². The van der Waals surface area contributed by atoms with E-state index in [1.54, 1.807) is 0 Å². The maximum absolute atomic E-state index is 10.3. The van der Waals surface area contributed by atoms with Crippen molar-refractivity contribution in [2.45, 2.75) is 12.8 Å². The summed E-state index contributed by atoms with van der Waals surface area (Å²) < 4.78 is 4.13. The molecule has 0 spiro atoms. The Morgan fingerprint density at radius 3 is 2.43 bits per heavy atom. The molecular weight excluding hydrogens is 112 g/mol. The SMILES string of the molecule is O=C(OS)C1CC1. The van der Waals surface area contributed by atoms with Crippen LogP contribution in [0.15, 0.2) is 0 Å². The Kier molecular flexibility index (Phi) is 1.23. The summed E-state index contributed by atoms with van der Waals surface area (Å²) in [4.78, 5) is 10.3. The van der Waals surface area contributed by atoms with E-state index in [9.17, 15) is 4.79 Å². The molecule has 40 valence electrons. The van der Waals surface area contributed by atoms with Crippen molar-refractivity contribution in [3.63, 3.8) is 0 Å². The third-order valence-electron chi connectivity index (χ3n) is 1.00. The monoisotopic (exact) mass is 118 g/mol. The molecule has 0 bridgehead atoms. The fourth-order valence-electron chi connectivity index (χ4n) is 0.394. The zero-order valence-electron chi connectivity index (χ0n) is 3.76. The Morgan fingerprint density at radius 2 is 2.29 bits per heavy atom.